The summed E-state index contributed by atoms with van der Waals surface area (Å²) in [7, 11) is 0. The Morgan fingerprint density at radius 3 is 0.789 bits per heavy atom. The van der Waals surface area contributed by atoms with Crippen molar-refractivity contribution in [1.82, 2.24) is 0 Å². The van der Waals surface area contributed by atoms with Crippen LogP contribution in [0.25, 0.3) is 0 Å². The molecule has 0 aliphatic heterocycles. The van der Waals surface area contributed by atoms with E-state index in [9.17, 15) is 0 Å². The van der Waals surface area contributed by atoms with Gasteiger partial charge < -0.3 is 4.74 Å². The smallest absolute Gasteiger partial charge is 0.119 e. The fourth-order valence-corrected chi connectivity index (χ4v) is 5.09. The molecule has 460 valence electrons. The van der Waals surface area contributed by atoms with Crippen molar-refractivity contribution in [3.05, 3.63) is 132 Å². The molecule has 0 bridgehead atoms. The first-order chi connectivity index (χ1) is 33.1. The van der Waals surface area contributed by atoms with Gasteiger partial charge in [-0.05, 0) is 109 Å². The van der Waals surface area contributed by atoms with Crippen molar-refractivity contribution in [3.63, 3.8) is 0 Å². The molecule has 0 amide bonds. The van der Waals surface area contributed by atoms with Gasteiger partial charge in [-0.25, -0.2) is 0 Å². The zero-order valence-corrected chi connectivity index (χ0v) is 55.2. The molecule has 0 aliphatic carbocycles. The van der Waals surface area contributed by atoms with Crippen LogP contribution in [0.1, 0.15) is 283 Å². The van der Waals surface area contributed by atoms with Gasteiger partial charge in [-0.2, -0.15) is 0 Å². The molecule has 0 saturated heterocycles. The number of para-hydroxylation sites is 1. The Morgan fingerprint density at radius 2 is 0.592 bits per heavy atom. The predicted octanol–water partition coefficient (Wildman–Crippen LogP) is 28.2. The Hall–Kier alpha value is -2.97. The lowest BCUT2D eigenvalue weighted by molar-refractivity contribution is 0.242. The standard InChI is InChI=1S/C10H14.C9H12O.C9H12S.C9H12.C8H18.4C4H10.4C2H6.5CH4/c1-9(2)8-10-6-4-3-5-7-10;2*1-8(2)10-9-6-4-3-5-7-9;1-8(2)9-6-4-3-5-7-9;1-6(2)8(5)7(3)4;4*1-4(2)3;4*1-2;;;;;/h3-7,9H,8H2,1-2H3;2*3-8H,1-2H3;3-8H,1-2H3;6-8H,1-5H3;4*4H,1-3H3;4*1-2H3;5*1H4. The molecule has 4 aromatic rings. The summed E-state index contributed by atoms with van der Waals surface area (Å²) in [6, 6.07) is 41.4. The lowest BCUT2D eigenvalue weighted by atomic mass is 9.88. The van der Waals surface area contributed by atoms with E-state index in [2.05, 4.69) is 238 Å². The molecule has 0 radical (unpaired) electrons. The quantitative estimate of drug-likeness (QED) is 0.155. The Morgan fingerprint density at radius 1 is 0.342 bits per heavy atom. The van der Waals surface area contributed by atoms with Gasteiger partial charge in [-0.3, -0.25) is 0 Å². The first-order valence-corrected chi connectivity index (χ1v) is 29.6. The molecule has 0 atom stereocenters. The van der Waals surface area contributed by atoms with Crippen molar-refractivity contribution in [2.24, 2.45) is 47.3 Å². The maximum absolute atomic E-state index is 5.41. The van der Waals surface area contributed by atoms with Gasteiger partial charge in [0.15, 0.2) is 0 Å². The van der Waals surface area contributed by atoms with Crippen LogP contribution in [0.3, 0.4) is 0 Å². The molecule has 0 spiro atoms. The van der Waals surface area contributed by atoms with Crippen molar-refractivity contribution in [2.75, 3.05) is 0 Å². The lowest BCUT2D eigenvalue weighted by Gasteiger charge is -2.18. The number of thioether (sulfide) groups is 1. The molecule has 0 aromatic heterocycles. The molecule has 0 unspecified atom stereocenters. The van der Waals surface area contributed by atoms with E-state index in [1.54, 1.807) is 0 Å². The van der Waals surface area contributed by atoms with Gasteiger partial charge in [0.05, 0.1) is 6.10 Å². The van der Waals surface area contributed by atoms with Crippen LogP contribution in [0.5, 0.6) is 5.75 Å². The third kappa shape index (κ3) is 124. The highest BCUT2D eigenvalue weighted by atomic mass is 32.2. The van der Waals surface area contributed by atoms with Gasteiger partial charge in [-0.15, -0.1) is 11.8 Å². The first kappa shape index (κ1) is 109. The second-order valence-corrected chi connectivity index (χ2v) is 22.5. The molecular formula is C74H152OS. The molecule has 0 fully saturated rings. The fourth-order valence-electron chi connectivity index (χ4n) is 4.24. The third-order valence-electron chi connectivity index (χ3n) is 7.29. The number of hydrogen-bond acceptors (Lipinski definition) is 2. The van der Waals surface area contributed by atoms with Crippen LogP contribution in [-0.2, 0) is 6.42 Å². The number of benzene rings is 4. The molecule has 76 heavy (non-hydrogen) atoms. The van der Waals surface area contributed by atoms with E-state index in [0.717, 1.165) is 53.1 Å². The molecule has 0 N–H and O–H groups in total. The Bertz CT molecular complexity index is 1240. The molecule has 0 aliphatic rings. The molecule has 0 heterocycles. The third-order valence-corrected chi connectivity index (χ3v) is 8.30. The normalized spacial score (nSPS) is 8.68. The minimum Gasteiger partial charge on any atom is -0.491 e. The lowest BCUT2D eigenvalue weighted by Crippen LogP contribution is -2.10. The van der Waals surface area contributed by atoms with Gasteiger partial charge in [-0.1, -0.05) is 349 Å². The zero-order chi connectivity index (χ0) is 57.9. The van der Waals surface area contributed by atoms with Crippen LogP contribution >= 0.6 is 11.8 Å². The molecule has 2 heteroatoms. The largest absolute Gasteiger partial charge is 0.491 e. The van der Waals surface area contributed by atoms with Crippen LogP contribution in [0.15, 0.2) is 126 Å². The minimum absolute atomic E-state index is 0. The van der Waals surface area contributed by atoms with Crippen LogP contribution in [0.2, 0.25) is 0 Å². The summed E-state index contributed by atoms with van der Waals surface area (Å²) in [5, 5.41) is 0.683. The molecule has 0 saturated carbocycles. The van der Waals surface area contributed by atoms with Gasteiger partial charge >= 0.3 is 0 Å². The summed E-state index contributed by atoms with van der Waals surface area (Å²) in [5.41, 5.74) is 2.86. The second-order valence-electron chi connectivity index (χ2n) is 20.9. The van der Waals surface area contributed by atoms with E-state index in [1.807, 2.05) is 123 Å². The summed E-state index contributed by atoms with van der Waals surface area (Å²) < 4.78 is 5.41. The second kappa shape index (κ2) is 85.9. The summed E-state index contributed by atoms with van der Waals surface area (Å²) in [6.45, 7) is 70.8. The van der Waals surface area contributed by atoms with Crippen molar-refractivity contribution < 1.29 is 4.74 Å². The van der Waals surface area contributed by atoms with E-state index in [-0.39, 0.29) is 43.2 Å². The van der Waals surface area contributed by atoms with E-state index in [0.29, 0.717) is 11.2 Å². The highest BCUT2D eigenvalue weighted by molar-refractivity contribution is 7.99. The molecule has 1 nitrogen and oxygen atoms in total. The number of hydrogen-bond donors (Lipinski definition) is 0. The first-order valence-electron chi connectivity index (χ1n) is 28.7. The average Bonchev–Trinajstić information content (AvgIpc) is 3.30. The highest BCUT2D eigenvalue weighted by Crippen LogP contribution is 2.21. The fraction of sp³-hybridized carbons (Fsp3) is 0.676. The van der Waals surface area contributed by atoms with E-state index in [4.69, 9.17) is 4.74 Å². The van der Waals surface area contributed by atoms with Crippen molar-refractivity contribution in [3.8, 4) is 5.75 Å². The summed E-state index contributed by atoms with van der Waals surface area (Å²) >= 11 is 1.90. The van der Waals surface area contributed by atoms with Gasteiger partial charge in [0, 0.05) is 10.1 Å². The number of ether oxygens (including phenoxy) is 1. The van der Waals surface area contributed by atoms with E-state index >= 15 is 0 Å². The maximum Gasteiger partial charge on any atom is 0.119 e. The average molecular weight is 1090 g/mol. The van der Waals surface area contributed by atoms with Crippen LogP contribution < -0.4 is 4.74 Å². The highest BCUT2D eigenvalue weighted by Gasteiger charge is 2.09. The summed E-state index contributed by atoms with van der Waals surface area (Å²) in [4.78, 5) is 1.36. The van der Waals surface area contributed by atoms with Crippen LogP contribution in [0, 0.1) is 47.3 Å². The van der Waals surface area contributed by atoms with Gasteiger partial charge in [0.25, 0.3) is 0 Å². The molecular weight excluding hydrogens is 937 g/mol. The predicted molar refractivity (Wildman–Crippen MR) is 375 cm³/mol. The van der Waals surface area contributed by atoms with E-state index < -0.39 is 0 Å². The Balaban J connectivity index is -0.0000000471. The monoisotopic (exact) mass is 1090 g/mol. The zero-order valence-electron chi connectivity index (χ0n) is 54.4. The molecule has 4 aromatic carbocycles. The SMILES string of the molecule is C.C.C.C.C.CC.CC.CC.CC.CC(C)C.CC(C)C.CC(C)C.CC(C)C.CC(C)C(C)C(C)C.CC(C)Cc1ccccc1.CC(C)Oc1ccccc1.CC(C)Sc1ccccc1.CC(C)c1ccccc1. The topological polar surface area (TPSA) is 9.23 Å². The van der Waals surface area contributed by atoms with Crippen molar-refractivity contribution >= 4 is 11.8 Å². The maximum atomic E-state index is 5.41. The summed E-state index contributed by atoms with van der Waals surface area (Å²) in [6.07, 6.45) is 1.46. The van der Waals surface area contributed by atoms with Crippen molar-refractivity contribution in [1.29, 1.82) is 0 Å². The van der Waals surface area contributed by atoms with Crippen LogP contribution in [-0.4, -0.2) is 11.4 Å². The van der Waals surface area contributed by atoms with Gasteiger partial charge in [0.1, 0.15) is 5.75 Å². The Kier molecular flexibility index (Phi) is 123. The van der Waals surface area contributed by atoms with Gasteiger partial charge in [0.2, 0.25) is 0 Å². The van der Waals surface area contributed by atoms with Crippen molar-refractivity contribution in [2.45, 2.75) is 294 Å². The van der Waals surface area contributed by atoms with E-state index in [1.165, 1.54) is 22.4 Å². The number of rotatable bonds is 9. The van der Waals surface area contributed by atoms with Crippen LogP contribution in [0.4, 0.5) is 0 Å². The summed E-state index contributed by atoms with van der Waals surface area (Å²) in [5.74, 6) is 8.26. The molecule has 4 rings (SSSR count). The Labute approximate surface area is 493 Å². The minimum atomic E-state index is 0.